The Kier molecular flexibility index (Phi) is 5.52. The van der Waals surface area contributed by atoms with E-state index in [1.165, 1.54) is 23.6 Å². The maximum atomic E-state index is 12.4. The van der Waals surface area contributed by atoms with E-state index < -0.39 is 5.91 Å². The molecular formula is C22H17N3O3S2. The average molecular weight is 436 g/mol. The van der Waals surface area contributed by atoms with Gasteiger partial charge in [0.1, 0.15) is 16.5 Å². The number of amides is 2. The van der Waals surface area contributed by atoms with Crippen molar-refractivity contribution in [1.29, 1.82) is 0 Å². The predicted octanol–water partition coefficient (Wildman–Crippen LogP) is 4.00. The fourth-order valence-electron chi connectivity index (χ4n) is 3.08. The van der Waals surface area contributed by atoms with Crippen LogP contribution in [-0.2, 0) is 9.59 Å². The zero-order valence-corrected chi connectivity index (χ0v) is 17.8. The van der Waals surface area contributed by atoms with Gasteiger partial charge in [0.2, 0.25) is 5.91 Å². The summed E-state index contributed by atoms with van der Waals surface area (Å²) in [4.78, 5) is 31.5. The lowest BCUT2D eigenvalue weighted by Crippen LogP contribution is -2.31. The zero-order valence-electron chi connectivity index (χ0n) is 16.2. The van der Waals surface area contributed by atoms with Gasteiger partial charge in [0.15, 0.2) is 5.11 Å². The Hall–Kier alpha value is -3.23. The molecule has 0 atom stereocenters. The Balaban J connectivity index is 1.89. The fraction of sp³-hybridized carbons (Fsp3) is 0.0909. The first-order chi connectivity index (χ1) is 14.5. The van der Waals surface area contributed by atoms with Crippen molar-refractivity contribution in [2.45, 2.75) is 16.8 Å². The third-order valence-corrected chi connectivity index (χ3v) is 5.79. The first kappa shape index (κ1) is 20.1. The Morgan fingerprint density at radius 1 is 1.20 bits per heavy atom. The van der Waals surface area contributed by atoms with Crippen LogP contribution in [0.3, 0.4) is 0 Å². The van der Waals surface area contributed by atoms with Crippen molar-refractivity contribution in [3.05, 3.63) is 65.9 Å². The minimum absolute atomic E-state index is 0.0754. The Labute approximate surface area is 182 Å². The van der Waals surface area contributed by atoms with Crippen molar-refractivity contribution >= 4 is 57.9 Å². The summed E-state index contributed by atoms with van der Waals surface area (Å²) in [7, 11) is 1.60. The summed E-state index contributed by atoms with van der Waals surface area (Å²) in [5, 5.41) is 4.16. The summed E-state index contributed by atoms with van der Waals surface area (Å²) in [6, 6.07) is 17.4. The van der Waals surface area contributed by atoms with E-state index in [0.717, 1.165) is 15.8 Å². The molecule has 3 aromatic rings. The highest BCUT2D eigenvalue weighted by molar-refractivity contribution is 7.99. The largest absolute Gasteiger partial charge is 0.497 e. The lowest BCUT2D eigenvalue weighted by Gasteiger charge is -2.14. The molecule has 0 unspecified atom stereocenters. The number of ether oxygens (including phenoxy) is 1. The molecule has 1 N–H and O–H groups in total. The van der Waals surface area contributed by atoms with Crippen LogP contribution in [0.15, 0.2) is 70.2 Å². The first-order valence-corrected chi connectivity index (χ1v) is 10.3. The fourth-order valence-corrected chi connectivity index (χ4v) is 4.30. The summed E-state index contributed by atoms with van der Waals surface area (Å²) in [6.07, 6.45) is 1.65. The van der Waals surface area contributed by atoms with Crippen molar-refractivity contribution in [3.63, 3.8) is 0 Å². The van der Waals surface area contributed by atoms with Gasteiger partial charge < -0.3 is 4.74 Å². The van der Waals surface area contributed by atoms with Crippen LogP contribution in [-0.4, -0.2) is 33.9 Å². The van der Waals surface area contributed by atoms with Crippen molar-refractivity contribution < 1.29 is 14.3 Å². The first-order valence-electron chi connectivity index (χ1n) is 9.05. The van der Waals surface area contributed by atoms with E-state index in [9.17, 15) is 9.59 Å². The monoisotopic (exact) mass is 435 g/mol. The number of carbonyl (C=O) groups excluding carboxylic acids is 2. The summed E-state index contributed by atoms with van der Waals surface area (Å²) < 4.78 is 5.32. The van der Waals surface area contributed by atoms with E-state index in [4.69, 9.17) is 21.9 Å². The van der Waals surface area contributed by atoms with Gasteiger partial charge in [-0.15, -0.1) is 0 Å². The Morgan fingerprint density at radius 2 is 1.97 bits per heavy atom. The predicted molar refractivity (Wildman–Crippen MR) is 120 cm³/mol. The number of rotatable bonds is 4. The van der Waals surface area contributed by atoms with Gasteiger partial charge in [-0.05, 0) is 54.7 Å². The van der Waals surface area contributed by atoms with Crippen molar-refractivity contribution in [3.8, 4) is 5.75 Å². The maximum absolute atomic E-state index is 12.4. The third kappa shape index (κ3) is 3.92. The van der Waals surface area contributed by atoms with E-state index in [-0.39, 0.29) is 16.7 Å². The number of hydrogen-bond acceptors (Lipinski definition) is 6. The topological polar surface area (TPSA) is 71.5 Å². The average Bonchev–Trinajstić information content (AvgIpc) is 3.01. The van der Waals surface area contributed by atoms with Crippen LogP contribution in [0, 0.1) is 0 Å². The SMILES string of the molecule is COc1ccc2nc(Sc3ccccc3)c(/C=C3/C(=O)NC(=S)N3C(C)=O)cc2c1. The molecule has 0 spiro atoms. The summed E-state index contributed by atoms with van der Waals surface area (Å²) in [6.45, 7) is 1.36. The van der Waals surface area contributed by atoms with E-state index in [0.29, 0.717) is 16.3 Å². The minimum Gasteiger partial charge on any atom is -0.497 e. The number of benzene rings is 2. The second-order valence-corrected chi connectivity index (χ2v) is 7.95. The number of thiocarbonyl (C=S) groups is 1. The van der Waals surface area contributed by atoms with E-state index >= 15 is 0 Å². The second-order valence-electron chi connectivity index (χ2n) is 6.50. The molecule has 0 radical (unpaired) electrons. The molecule has 150 valence electrons. The standard InChI is InChI=1S/C22H17N3O3S2/c1-13(26)25-19(20(27)24-22(25)29)12-15-10-14-11-16(28-2)8-9-18(14)23-21(15)30-17-6-4-3-5-7-17/h3-12H,1-2H3,(H,24,27,29)/b19-12-. The highest BCUT2D eigenvalue weighted by Crippen LogP contribution is 2.34. The van der Waals surface area contributed by atoms with Gasteiger partial charge in [0.05, 0.1) is 12.6 Å². The van der Waals surface area contributed by atoms with Gasteiger partial charge in [0, 0.05) is 22.8 Å². The molecule has 4 rings (SSSR count). The number of fused-ring (bicyclic) bond motifs is 1. The highest BCUT2D eigenvalue weighted by Gasteiger charge is 2.33. The number of aromatic nitrogens is 1. The van der Waals surface area contributed by atoms with Crippen LogP contribution in [0.5, 0.6) is 5.75 Å². The zero-order chi connectivity index (χ0) is 21.3. The smallest absolute Gasteiger partial charge is 0.274 e. The minimum atomic E-state index is -0.420. The molecule has 0 aliphatic carbocycles. The van der Waals surface area contributed by atoms with Crippen LogP contribution in [0.25, 0.3) is 17.0 Å². The number of nitrogens with zero attached hydrogens (tertiary/aromatic N) is 2. The van der Waals surface area contributed by atoms with E-state index in [2.05, 4.69) is 5.32 Å². The molecule has 0 bridgehead atoms. The van der Waals surface area contributed by atoms with Crippen molar-refractivity contribution in [1.82, 2.24) is 15.2 Å². The lowest BCUT2D eigenvalue weighted by molar-refractivity contribution is -0.125. The molecule has 2 amide bonds. The molecular weight excluding hydrogens is 418 g/mol. The highest BCUT2D eigenvalue weighted by atomic mass is 32.2. The molecule has 6 nitrogen and oxygen atoms in total. The number of pyridine rings is 1. The van der Waals surface area contributed by atoms with Gasteiger partial charge in [0.25, 0.3) is 5.91 Å². The molecule has 1 aromatic heterocycles. The molecule has 30 heavy (non-hydrogen) atoms. The Morgan fingerprint density at radius 3 is 2.67 bits per heavy atom. The molecule has 8 heteroatoms. The van der Waals surface area contributed by atoms with Crippen molar-refractivity contribution in [2.24, 2.45) is 0 Å². The van der Waals surface area contributed by atoms with Gasteiger partial charge in [-0.2, -0.15) is 0 Å². The quantitative estimate of drug-likeness (QED) is 0.493. The maximum Gasteiger partial charge on any atom is 0.274 e. The number of carbonyl (C=O) groups is 2. The van der Waals surface area contributed by atoms with Gasteiger partial charge in [-0.3, -0.25) is 19.8 Å². The van der Waals surface area contributed by atoms with Crippen LogP contribution in [0.1, 0.15) is 12.5 Å². The third-order valence-electron chi connectivity index (χ3n) is 4.48. The van der Waals surface area contributed by atoms with Gasteiger partial charge >= 0.3 is 0 Å². The van der Waals surface area contributed by atoms with Crippen molar-refractivity contribution in [2.75, 3.05) is 7.11 Å². The van der Waals surface area contributed by atoms with Crippen LogP contribution >= 0.6 is 24.0 Å². The molecule has 1 aliphatic heterocycles. The molecule has 0 saturated carbocycles. The lowest BCUT2D eigenvalue weighted by atomic mass is 10.1. The number of nitrogens with one attached hydrogen (secondary N) is 1. The van der Waals surface area contributed by atoms with Gasteiger partial charge in [-0.1, -0.05) is 30.0 Å². The summed E-state index contributed by atoms with van der Waals surface area (Å²) >= 11 is 6.61. The van der Waals surface area contributed by atoms with Crippen LogP contribution in [0.4, 0.5) is 0 Å². The van der Waals surface area contributed by atoms with E-state index in [1.807, 2.05) is 54.6 Å². The molecule has 1 fully saturated rings. The second kappa shape index (κ2) is 8.25. The normalized spacial score (nSPS) is 15.0. The molecule has 1 saturated heterocycles. The Bertz CT molecular complexity index is 1210. The molecule has 2 aromatic carbocycles. The van der Waals surface area contributed by atoms with Crippen LogP contribution in [0.2, 0.25) is 0 Å². The summed E-state index contributed by atoms with van der Waals surface area (Å²) in [5.41, 5.74) is 1.67. The molecule has 2 heterocycles. The molecule has 1 aliphatic rings. The number of methoxy groups -OCH3 is 1. The number of hydrogen-bond donors (Lipinski definition) is 1. The van der Waals surface area contributed by atoms with E-state index in [1.54, 1.807) is 13.2 Å². The van der Waals surface area contributed by atoms with Gasteiger partial charge in [-0.25, -0.2) is 4.98 Å². The van der Waals surface area contributed by atoms with Crippen LogP contribution < -0.4 is 10.1 Å². The summed E-state index contributed by atoms with van der Waals surface area (Å²) in [5.74, 6) is -0.0506.